The molecule has 0 aliphatic carbocycles. The van der Waals surface area contributed by atoms with Crippen LogP contribution in [0.15, 0.2) is 6.07 Å². The quantitative estimate of drug-likeness (QED) is 0.803. The fraction of sp³-hybridized carbons (Fsp3) is 0.250. The number of aromatic carboxylic acids is 1. The number of rotatable bonds is 3. The molecule has 1 heterocycles. The number of hydrogen-bond donors (Lipinski definition) is 2. The van der Waals surface area contributed by atoms with Crippen LogP contribution in [0.3, 0.4) is 0 Å². The SMILES string of the molecule is COc1cc(O)c(C(=O)O)nc1C(F)F. The molecule has 15 heavy (non-hydrogen) atoms. The number of carboxylic acid groups (broad SMARTS) is 1. The number of aromatic hydroxyl groups is 1. The lowest BCUT2D eigenvalue weighted by Crippen LogP contribution is -2.05. The zero-order valence-corrected chi connectivity index (χ0v) is 7.57. The fourth-order valence-corrected chi connectivity index (χ4v) is 0.977. The molecule has 0 amide bonds. The molecule has 0 fully saturated rings. The molecule has 0 saturated carbocycles. The highest BCUT2D eigenvalue weighted by Crippen LogP contribution is 2.31. The number of alkyl halides is 2. The van der Waals surface area contributed by atoms with Crippen molar-refractivity contribution in [3.8, 4) is 11.5 Å². The molecule has 82 valence electrons. The molecule has 0 atom stereocenters. The molecule has 7 heteroatoms. The molecule has 0 radical (unpaired) electrons. The van der Waals surface area contributed by atoms with Gasteiger partial charge in [0.05, 0.1) is 7.11 Å². The first-order valence-electron chi connectivity index (χ1n) is 3.76. The maximum atomic E-state index is 12.4. The molecule has 5 nitrogen and oxygen atoms in total. The summed E-state index contributed by atoms with van der Waals surface area (Å²) in [5.41, 5.74) is -1.64. The van der Waals surface area contributed by atoms with Gasteiger partial charge in [0.2, 0.25) is 0 Å². The van der Waals surface area contributed by atoms with Crippen molar-refractivity contribution in [2.45, 2.75) is 6.43 Å². The summed E-state index contributed by atoms with van der Waals surface area (Å²) in [4.78, 5) is 13.6. The van der Waals surface area contributed by atoms with Crippen molar-refractivity contribution in [1.82, 2.24) is 4.98 Å². The van der Waals surface area contributed by atoms with E-state index in [1.54, 1.807) is 0 Å². The van der Waals surface area contributed by atoms with Crippen LogP contribution in [0.5, 0.6) is 11.5 Å². The Labute approximate surface area is 82.9 Å². The van der Waals surface area contributed by atoms with Gasteiger partial charge in [-0.15, -0.1) is 0 Å². The van der Waals surface area contributed by atoms with Crippen molar-refractivity contribution >= 4 is 5.97 Å². The van der Waals surface area contributed by atoms with E-state index in [-0.39, 0.29) is 5.75 Å². The number of pyridine rings is 1. The summed E-state index contributed by atoms with van der Waals surface area (Å²) in [6, 6.07) is 0.790. The zero-order valence-electron chi connectivity index (χ0n) is 7.57. The van der Waals surface area contributed by atoms with Crippen LogP contribution >= 0.6 is 0 Å². The predicted molar refractivity (Wildman–Crippen MR) is 44.4 cm³/mol. The van der Waals surface area contributed by atoms with E-state index in [2.05, 4.69) is 9.72 Å². The molecule has 0 spiro atoms. The number of nitrogens with zero attached hydrogens (tertiary/aromatic N) is 1. The number of carbonyl (C=O) groups is 1. The van der Waals surface area contributed by atoms with E-state index in [0.29, 0.717) is 0 Å². The predicted octanol–water partition coefficient (Wildman–Crippen LogP) is 1.43. The number of halogens is 2. The Morgan fingerprint density at radius 1 is 1.60 bits per heavy atom. The maximum absolute atomic E-state index is 12.4. The van der Waals surface area contributed by atoms with E-state index in [1.165, 1.54) is 0 Å². The molecular weight excluding hydrogens is 212 g/mol. The molecule has 1 aromatic rings. The third-order valence-corrected chi connectivity index (χ3v) is 1.62. The average Bonchev–Trinajstić information content (AvgIpc) is 2.16. The first-order chi connectivity index (χ1) is 6.97. The highest BCUT2D eigenvalue weighted by molar-refractivity contribution is 5.88. The molecule has 1 rings (SSSR count). The van der Waals surface area contributed by atoms with E-state index >= 15 is 0 Å². The second-order valence-corrected chi connectivity index (χ2v) is 2.55. The Morgan fingerprint density at radius 2 is 2.20 bits per heavy atom. The highest BCUT2D eigenvalue weighted by Gasteiger charge is 2.22. The van der Waals surface area contributed by atoms with Gasteiger partial charge < -0.3 is 14.9 Å². The van der Waals surface area contributed by atoms with E-state index in [4.69, 9.17) is 10.2 Å². The van der Waals surface area contributed by atoms with Crippen LogP contribution < -0.4 is 4.74 Å². The Balaban J connectivity index is 3.37. The normalized spacial score (nSPS) is 10.4. The Morgan fingerprint density at radius 3 is 2.60 bits per heavy atom. The summed E-state index contributed by atoms with van der Waals surface area (Å²) in [6.07, 6.45) is -2.97. The largest absolute Gasteiger partial charge is 0.505 e. The van der Waals surface area contributed by atoms with Crippen molar-refractivity contribution in [2.24, 2.45) is 0 Å². The van der Waals surface area contributed by atoms with E-state index in [9.17, 15) is 13.6 Å². The van der Waals surface area contributed by atoms with Crippen LogP contribution in [0.4, 0.5) is 8.78 Å². The molecule has 0 unspecified atom stereocenters. The van der Waals surface area contributed by atoms with Gasteiger partial charge in [-0.3, -0.25) is 0 Å². The zero-order chi connectivity index (χ0) is 11.6. The lowest BCUT2D eigenvalue weighted by Gasteiger charge is -2.08. The van der Waals surface area contributed by atoms with E-state index < -0.39 is 29.5 Å². The lowest BCUT2D eigenvalue weighted by atomic mass is 10.2. The number of ether oxygens (including phenoxy) is 1. The van der Waals surface area contributed by atoms with Gasteiger partial charge in [-0.1, -0.05) is 0 Å². The van der Waals surface area contributed by atoms with Gasteiger partial charge in [0.15, 0.2) is 11.4 Å². The first-order valence-corrected chi connectivity index (χ1v) is 3.76. The number of aromatic nitrogens is 1. The van der Waals surface area contributed by atoms with Crippen molar-refractivity contribution in [3.05, 3.63) is 17.5 Å². The fourth-order valence-electron chi connectivity index (χ4n) is 0.977. The smallest absolute Gasteiger partial charge is 0.358 e. The van der Waals surface area contributed by atoms with Crippen molar-refractivity contribution in [1.29, 1.82) is 0 Å². The molecule has 0 saturated heterocycles. The van der Waals surface area contributed by atoms with Crippen molar-refractivity contribution < 1.29 is 28.5 Å². The highest BCUT2D eigenvalue weighted by atomic mass is 19.3. The van der Waals surface area contributed by atoms with Gasteiger partial charge in [-0.25, -0.2) is 18.6 Å². The summed E-state index contributed by atoms with van der Waals surface area (Å²) in [5, 5.41) is 17.7. The van der Waals surface area contributed by atoms with Gasteiger partial charge >= 0.3 is 5.97 Å². The van der Waals surface area contributed by atoms with Crippen molar-refractivity contribution in [3.63, 3.8) is 0 Å². The van der Waals surface area contributed by atoms with Crippen LogP contribution in [-0.4, -0.2) is 28.3 Å². The summed E-state index contributed by atoms with van der Waals surface area (Å²) >= 11 is 0. The van der Waals surface area contributed by atoms with Crippen LogP contribution in [0.25, 0.3) is 0 Å². The number of hydrogen-bond acceptors (Lipinski definition) is 4. The van der Waals surface area contributed by atoms with Crippen LogP contribution in [-0.2, 0) is 0 Å². The molecule has 1 aromatic heterocycles. The van der Waals surface area contributed by atoms with Crippen LogP contribution in [0, 0.1) is 0 Å². The maximum Gasteiger partial charge on any atom is 0.358 e. The standard InChI is InChI=1S/C8H7F2NO4/c1-15-4-2-3(12)5(8(13)14)11-6(4)7(9)10/h2,7,12H,1H3,(H,13,14). The van der Waals surface area contributed by atoms with Crippen LogP contribution in [0.2, 0.25) is 0 Å². The Bertz CT molecular complexity index is 394. The Kier molecular flexibility index (Phi) is 3.03. The first kappa shape index (κ1) is 11.2. The lowest BCUT2D eigenvalue weighted by molar-refractivity contribution is 0.0684. The van der Waals surface area contributed by atoms with E-state index in [0.717, 1.165) is 13.2 Å². The summed E-state index contributed by atoms with van der Waals surface area (Å²) < 4.78 is 29.3. The monoisotopic (exact) mass is 219 g/mol. The van der Waals surface area contributed by atoms with Gasteiger partial charge in [-0.2, -0.15) is 0 Å². The Hall–Kier alpha value is -1.92. The second-order valence-electron chi connectivity index (χ2n) is 2.55. The van der Waals surface area contributed by atoms with Crippen LogP contribution in [0.1, 0.15) is 22.6 Å². The molecule has 0 aliphatic heterocycles. The third-order valence-electron chi connectivity index (χ3n) is 1.62. The number of methoxy groups -OCH3 is 1. The topological polar surface area (TPSA) is 79.7 Å². The van der Waals surface area contributed by atoms with Gasteiger partial charge in [0.25, 0.3) is 6.43 Å². The summed E-state index contributed by atoms with van der Waals surface area (Å²) in [7, 11) is 1.11. The van der Waals surface area contributed by atoms with Crippen molar-refractivity contribution in [2.75, 3.05) is 7.11 Å². The molecule has 2 N–H and O–H groups in total. The minimum Gasteiger partial charge on any atom is -0.505 e. The average molecular weight is 219 g/mol. The molecule has 0 bridgehead atoms. The van der Waals surface area contributed by atoms with Gasteiger partial charge in [0, 0.05) is 6.07 Å². The number of carboxylic acids is 1. The molecule has 0 aromatic carbocycles. The molecular formula is C8H7F2NO4. The third kappa shape index (κ3) is 2.12. The molecule has 0 aliphatic rings. The minimum absolute atomic E-state index is 0.354. The second kappa shape index (κ2) is 4.07. The summed E-state index contributed by atoms with van der Waals surface area (Å²) in [6.45, 7) is 0. The van der Waals surface area contributed by atoms with E-state index in [1.807, 2.05) is 0 Å². The van der Waals surface area contributed by atoms with Gasteiger partial charge in [0.1, 0.15) is 11.4 Å². The minimum atomic E-state index is -2.97. The van der Waals surface area contributed by atoms with Gasteiger partial charge in [-0.05, 0) is 0 Å². The summed E-state index contributed by atoms with van der Waals surface area (Å²) in [5.74, 6) is -2.66.